The summed E-state index contributed by atoms with van der Waals surface area (Å²) in [5, 5.41) is 0.236. The summed E-state index contributed by atoms with van der Waals surface area (Å²) in [6.07, 6.45) is 2.88. The molecule has 1 aliphatic rings. The lowest BCUT2D eigenvalue weighted by molar-refractivity contribution is 0.241. The second kappa shape index (κ2) is 8.69. The number of nitrogens with one attached hydrogen (secondary N) is 1. The van der Waals surface area contributed by atoms with Gasteiger partial charge >= 0.3 is 0 Å². The fourth-order valence-electron chi connectivity index (χ4n) is 3.44. The van der Waals surface area contributed by atoms with Crippen LogP contribution in [-0.2, 0) is 19.9 Å². The molecule has 1 N–H and O–H groups in total. The summed E-state index contributed by atoms with van der Waals surface area (Å²) >= 11 is 6.23. The van der Waals surface area contributed by atoms with E-state index < -0.39 is 31.7 Å². The quantitative estimate of drug-likeness (QED) is 0.686. The van der Waals surface area contributed by atoms with Gasteiger partial charge in [-0.2, -0.15) is 0 Å². The Kier molecular flexibility index (Phi) is 6.64. The van der Waals surface area contributed by atoms with Gasteiger partial charge in [0.2, 0.25) is 10.0 Å². The Morgan fingerprint density at radius 3 is 2.31 bits per heavy atom. The number of sulfone groups is 1. The first kappa shape index (κ1) is 22.2. The average molecular weight is 461 g/mol. The van der Waals surface area contributed by atoms with Crippen molar-refractivity contribution in [2.75, 3.05) is 25.9 Å². The Hall–Kier alpha value is -1.52. The molecule has 3 rings (SSSR count). The van der Waals surface area contributed by atoms with Crippen molar-refractivity contribution in [3.8, 4) is 0 Å². The summed E-state index contributed by atoms with van der Waals surface area (Å²) < 4.78 is 66.0. The first-order chi connectivity index (χ1) is 13.6. The summed E-state index contributed by atoms with van der Waals surface area (Å²) in [5.74, 6) is -0.493. The molecule has 0 unspecified atom stereocenters. The third-order valence-corrected chi connectivity index (χ3v) is 7.79. The zero-order valence-corrected chi connectivity index (χ0v) is 18.2. The fourth-order valence-corrected chi connectivity index (χ4v) is 5.55. The maximum atomic E-state index is 14.5. The molecular formula is C19H22ClFN2O4S2. The molecule has 2 aromatic carbocycles. The lowest BCUT2D eigenvalue weighted by Gasteiger charge is -2.29. The van der Waals surface area contributed by atoms with Gasteiger partial charge in [0.15, 0.2) is 9.84 Å². The number of rotatable bonds is 7. The van der Waals surface area contributed by atoms with E-state index in [-0.39, 0.29) is 26.9 Å². The van der Waals surface area contributed by atoms with Gasteiger partial charge in [-0.15, -0.1) is 0 Å². The average Bonchev–Trinajstić information content (AvgIpc) is 3.18. The van der Waals surface area contributed by atoms with Crippen LogP contribution in [0.3, 0.4) is 0 Å². The van der Waals surface area contributed by atoms with Gasteiger partial charge in [0.05, 0.1) is 15.8 Å². The second-order valence-corrected chi connectivity index (χ2v) is 11.2. The predicted octanol–water partition coefficient (Wildman–Crippen LogP) is 3.00. The van der Waals surface area contributed by atoms with Crippen LogP contribution in [0.2, 0.25) is 5.02 Å². The summed E-state index contributed by atoms with van der Waals surface area (Å²) in [6.45, 7) is 1.33. The van der Waals surface area contributed by atoms with Crippen molar-refractivity contribution in [2.45, 2.75) is 28.7 Å². The summed E-state index contributed by atoms with van der Waals surface area (Å²) in [6, 6.07) is 8.94. The molecule has 2 aromatic rings. The monoisotopic (exact) mass is 460 g/mol. The van der Waals surface area contributed by atoms with Gasteiger partial charge in [-0.1, -0.05) is 23.7 Å². The smallest absolute Gasteiger partial charge is 0.240 e. The first-order valence-electron chi connectivity index (χ1n) is 9.07. The molecular weight excluding hydrogens is 439 g/mol. The van der Waals surface area contributed by atoms with Gasteiger partial charge in [-0.05, 0) is 56.3 Å². The maximum absolute atomic E-state index is 14.5. The Bertz CT molecular complexity index is 1080. The van der Waals surface area contributed by atoms with Gasteiger partial charge in [0.25, 0.3) is 0 Å². The van der Waals surface area contributed by atoms with Crippen LogP contribution in [0.1, 0.15) is 24.4 Å². The zero-order chi connectivity index (χ0) is 21.2. The van der Waals surface area contributed by atoms with Crippen LogP contribution in [-0.4, -0.2) is 47.6 Å². The summed E-state index contributed by atoms with van der Waals surface area (Å²) in [4.78, 5) is 1.74. The number of nitrogens with zero attached hydrogens (tertiary/aromatic N) is 1. The van der Waals surface area contributed by atoms with E-state index in [0.717, 1.165) is 25.2 Å². The van der Waals surface area contributed by atoms with Crippen LogP contribution in [0.15, 0.2) is 52.3 Å². The molecule has 0 aromatic heterocycles. The highest BCUT2D eigenvalue weighted by atomic mass is 35.5. The van der Waals surface area contributed by atoms with Gasteiger partial charge in [0.1, 0.15) is 5.82 Å². The largest absolute Gasteiger partial charge is 0.295 e. The molecule has 1 saturated heterocycles. The summed E-state index contributed by atoms with van der Waals surface area (Å²) in [5.41, 5.74) is 0.253. The molecule has 10 heteroatoms. The third-order valence-electron chi connectivity index (χ3n) is 4.93. The molecule has 1 heterocycles. The zero-order valence-electron chi connectivity index (χ0n) is 15.8. The Balaban J connectivity index is 1.89. The fraction of sp³-hybridized carbons (Fsp3) is 0.368. The van der Waals surface area contributed by atoms with Crippen LogP contribution in [0.4, 0.5) is 4.39 Å². The van der Waals surface area contributed by atoms with Crippen LogP contribution in [0.5, 0.6) is 0 Å². The normalized spacial score (nSPS) is 16.8. The summed E-state index contributed by atoms with van der Waals surface area (Å²) in [7, 11) is -7.56. The number of hydrogen-bond donors (Lipinski definition) is 1. The number of likely N-dealkylation sites (tertiary alicyclic amines) is 1. The lowest BCUT2D eigenvalue weighted by atomic mass is 10.0. The van der Waals surface area contributed by atoms with Crippen LogP contribution in [0.25, 0.3) is 0 Å². The number of hydrogen-bond acceptors (Lipinski definition) is 5. The third kappa shape index (κ3) is 5.16. The molecule has 1 fully saturated rings. The highest BCUT2D eigenvalue weighted by Crippen LogP contribution is 2.32. The molecule has 1 atom stereocenters. The molecule has 0 radical (unpaired) electrons. The molecule has 1 aliphatic heterocycles. The molecule has 158 valence electrons. The molecule has 0 amide bonds. The topological polar surface area (TPSA) is 83.5 Å². The number of benzene rings is 2. The van der Waals surface area contributed by atoms with Crippen molar-refractivity contribution in [1.29, 1.82) is 0 Å². The van der Waals surface area contributed by atoms with Gasteiger partial charge in [0, 0.05) is 23.4 Å². The van der Waals surface area contributed by atoms with E-state index in [1.165, 1.54) is 30.3 Å². The van der Waals surface area contributed by atoms with Crippen molar-refractivity contribution in [3.63, 3.8) is 0 Å². The van der Waals surface area contributed by atoms with Crippen molar-refractivity contribution >= 4 is 31.5 Å². The van der Waals surface area contributed by atoms with E-state index in [4.69, 9.17) is 11.6 Å². The molecule has 0 aliphatic carbocycles. The van der Waals surface area contributed by atoms with Gasteiger partial charge in [-0.25, -0.2) is 25.9 Å². The minimum absolute atomic E-state index is 0.0892. The number of sulfonamides is 1. The Morgan fingerprint density at radius 2 is 1.69 bits per heavy atom. The maximum Gasteiger partial charge on any atom is 0.240 e. The lowest BCUT2D eigenvalue weighted by Crippen LogP contribution is -2.37. The minimum Gasteiger partial charge on any atom is -0.295 e. The van der Waals surface area contributed by atoms with E-state index in [1.807, 2.05) is 4.90 Å². The predicted molar refractivity (Wildman–Crippen MR) is 110 cm³/mol. The number of halogens is 2. The second-order valence-electron chi connectivity index (χ2n) is 6.99. The highest BCUT2D eigenvalue weighted by Gasteiger charge is 2.29. The van der Waals surface area contributed by atoms with Crippen LogP contribution >= 0.6 is 11.6 Å². The Morgan fingerprint density at radius 1 is 1.07 bits per heavy atom. The van der Waals surface area contributed by atoms with Crippen LogP contribution in [0, 0.1) is 5.82 Å². The van der Waals surface area contributed by atoms with Gasteiger partial charge in [-0.3, -0.25) is 4.90 Å². The van der Waals surface area contributed by atoms with E-state index in [0.29, 0.717) is 13.1 Å². The van der Waals surface area contributed by atoms with Crippen molar-refractivity contribution in [2.24, 2.45) is 0 Å². The van der Waals surface area contributed by atoms with Gasteiger partial charge < -0.3 is 0 Å². The standard InChI is InChI=1S/C19H22ClFN2O4S2/c1-28(24,25)14-6-4-7-15(12-14)29(26,27)22-13-18(23-10-2-3-11-23)19-16(20)8-5-9-17(19)21/h4-9,12,18,22H,2-3,10-11,13H2,1H3/t18-/m0/s1. The molecule has 29 heavy (non-hydrogen) atoms. The van der Waals surface area contributed by atoms with Crippen molar-refractivity contribution in [3.05, 3.63) is 58.9 Å². The SMILES string of the molecule is CS(=O)(=O)c1cccc(S(=O)(=O)NC[C@@H](c2c(F)cccc2Cl)N2CCCC2)c1. The Labute approximate surface area is 175 Å². The van der Waals surface area contributed by atoms with E-state index in [9.17, 15) is 21.2 Å². The van der Waals surface area contributed by atoms with E-state index in [2.05, 4.69) is 4.72 Å². The molecule has 0 saturated carbocycles. The van der Waals surface area contributed by atoms with Crippen molar-refractivity contribution < 1.29 is 21.2 Å². The van der Waals surface area contributed by atoms with E-state index in [1.54, 1.807) is 6.07 Å². The minimum atomic E-state index is -4.01. The first-order valence-corrected chi connectivity index (χ1v) is 12.8. The van der Waals surface area contributed by atoms with E-state index >= 15 is 0 Å². The molecule has 6 nitrogen and oxygen atoms in total. The molecule has 0 bridgehead atoms. The molecule has 0 spiro atoms. The van der Waals surface area contributed by atoms with Crippen LogP contribution < -0.4 is 4.72 Å². The van der Waals surface area contributed by atoms with Crippen molar-refractivity contribution in [1.82, 2.24) is 9.62 Å². The highest BCUT2D eigenvalue weighted by molar-refractivity contribution is 7.91.